The van der Waals surface area contributed by atoms with E-state index in [1.165, 1.54) is 7.05 Å². The Hall–Kier alpha value is 0.260. The molecule has 0 bridgehead atoms. The predicted octanol–water partition coefficient (Wildman–Crippen LogP) is -1.08. The smallest absolute Gasteiger partial charge is 0.326 e. The van der Waals surface area contributed by atoms with E-state index in [1.54, 1.807) is 0 Å². The fourth-order valence-corrected chi connectivity index (χ4v) is 2.34. The van der Waals surface area contributed by atoms with Crippen LogP contribution in [0.3, 0.4) is 0 Å². The predicted molar refractivity (Wildman–Crippen MR) is 43.9 cm³/mol. The van der Waals surface area contributed by atoms with Crippen molar-refractivity contribution in [3.05, 3.63) is 0 Å². The first kappa shape index (κ1) is 14.8. The highest BCUT2D eigenvalue weighted by molar-refractivity contribution is 7.56. The van der Waals surface area contributed by atoms with Crippen molar-refractivity contribution in [1.82, 2.24) is 0 Å². The van der Waals surface area contributed by atoms with E-state index in [4.69, 9.17) is 19.6 Å². The van der Waals surface area contributed by atoms with Crippen LogP contribution in [0.5, 0.6) is 0 Å². The van der Waals surface area contributed by atoms with E-state index < -0.39 is 27.5 Å². The van der Waals surface area contributed by atoms with Gasteiger partial charge in [0.1, 0.15) is 0 Å². The maximum atomic E-state index is 10.0. The number of hydrogen-bond donors (Lipinski definition) is 5. The molecule has 0 radical (unpaired) electrons. The molecule has 6 N–H and O–H groups in total. The van der Waals surface area contributed by atoms with Crippen LogP contribution < -0.4 is 5.73 Å². The molecule has 0 unspecified atom stereocenters. The summed E-state index contributed by atoms with van der Waals surface area (Å²) in [6, 6.07) is 0. The molecular weight excluding hydrogens is 208 g/mol. The molecular formula is C3H13NO6P2. The summed E-state index contributed by atoms with van der Waals surface area (Å²) in [6.45, 7) is 0. The zero-order valence-corrected chi connectivity index (χ0v) is 8.28. The third-order valence-corrected chi connectivity index (χ3v) is 2.65. The average Bonchev–Trinajstić information content (AvgIpc) is 1.86. The van der Waals surface area contributed by atoms with Gasteiger partial charge in [0.2, 0.25) is 0 Å². The quantitative estimate of drug-likeness (QED) is 0.381. The average molecular weight is 221 g/mol. The van der Waals surface area contributed by atoms with E-state index in [0.29, 0.717) is 0 Å². The largest absolute Gasteiger partial charge is 0.333 e. The molecule has 9 heteroatoms. The molecule has 0 aliphatic heterocycles. The highest BCUT2D eigenvalue weighted by Crippen LogP contribution is 2.42. The number of hydrogen-bond acceptors (Lipinski definition) is 3. The van der Waals surface area contributed by atoms with Crippen LogP contribution >= 0.6 is 15.2 Å². The molecule has 0 saturated carbocycles. The summed E-state index contributed by atoms with van der Waals surface area (Å²) in [5.41, 5.74) is 4.50. The van der Waals surface area contributed by atoms with Crippen LogP contribution in [0.2, 0.25) is 0 Å². The van der Waals surface area contributed by atoms with Gasteiger partial charge in [-0.15, -0.1) is 0 Å². The summed E-state index contributed by atoms with van der Waals surface area (Å²) in [7, 11) is -7.01. The standard InChI is InChI=1S/C2H8O6P2.CH5N/c3-9(4,5)1-2-10(6,7)8;1-2/h1-2H2,(H2,3,4,5)(H2,6,7,8);2H2,1H3. The number of rotatable bonds is 3. The van der Waals surface area contributed by atoms with Gasteiger partial charge in [-0.2, -0.15) is 0 Å². The summed E-state index contributed by atoms with van der Waals surface area (Å²) in [4.78, 5) is 32.6. The van der Waals surface area contributed by atoms with Crippen LogP contribution in [0.4, 0.5) is 0 Å². The van der Waals surface area contributed by atoms with Crippen molar-refractivity contribution >= 4 is 15.2 Å². The zero-order chi connectivity index (χ0) is 10.4. The first-order chi connectivity index (χ1) is 5.21. The molecule has 0 atom stereocenters. The topological polar surface area (TPSA) is 141 Å². The monoisotopic (exact) mass is 221 g/mol. The van der Waals surface area contributed by atoms with Crippen LogP contribution in [0.1, 0.15) is 0 Å². The Morgan fingerprint density at radius 2 is 1.08 bits per heavy atom. The molecule has 12 heavy (non-hydrogen) atoms. The summed E-state index contributed by atoms with van der Waals surface area (Å²) in [5, 5.41) is 0. The molecule has 0 aliphatic rings. The first-order valence-electron chi connectivity index (χ1n) is 2.87. The zero-order valence-electron chi connectivity index (χ0n) is 6.49. The summed E-state index contributed by atoms with van der Waals surface area (Å²) in [6.07, 6.45) is -1.53. The Kier molecular flexibility index (Phi) is 7.17. The molecule has 76 valence electrons. The Balaban J connectivity index is 0. The Labute approximate surface area is 69.9 Å². The highest BCUT2D eigenvalue weighted by atomic mass is 31.2. The lowest BCUT2D eigenvalue weighted by Crippen LogP contribution is -1.95. The normalized spacial score (nSPS) is 11.8. The van der Waals surface area contributed by atoms with Gasteiger partial charge in [-0.25, -0.2) is 0 Å². The Morgan fingerprint density at radius 3 is 1.17 bits per heavy atom. The van der Waals surface area contributed by atoms with Crippen LogP contribution in [-0.4, -0.2) is 38.9 Å². The van der Waals surface area contributed by atoms with Crippen molar-refractivity contribution < 1.29 is 28.7 Å². The van der Waals surface area contributed by atoms with Crippen LogP contribution in [0.15, 0.2) is 0 Å². The molecule has 0 aromatic carbocycles. The van der Waals surface area contributed by atoms with E-state index in [-0.39, 0.29) is 0 Å². The Bertz CT molecular complexity index is 171. The third kappa shape index (κ3) is 16.7. The molecule has 0 aromatic rings. The minimum Gasteiger partial charge on any atom is -0.333 e. The maximum Gasteiger partial charge on any atom is 0.326 e. The number of nitrogens with two attached hydrogens (primary N) is 1. The van der Waals surface area contributed by atoms with E-state index in [2.05, 4.69) is 5.73 Å². The van der Waals surface area contributed by atoms with E-state index in [1.807, 2.05) is 0 Å². The van der Waals surface area contributed by atoms with E-state index in [0.717, 1.165) is 0 Å². The fourth-order valence-electron chi connectivity index (χ4n) is 0.261. The Morgan fingerprint density at radius 1 is 0.917 bits per heavy atom. The molecule has 0 rings (SSSR count). The van der Waals surface area contributed by atoms with Crippen LogP contribution in [0, 0.1) is 0 Å². The van der Waals surface area contributed by atoms with Crippen LogP contribution in [-0.2, 0) is 9.13 Å². The van der Waals surface area contributed by atoms with Crippen molar-refractivity contribution in [2.75, 3.05) is 19.4 Å². The molecule has 0 aromatic heterocycles. The minimum absolute atomic E-state index is 0.767. The second-order valence-corrected chi connectivity index (χ2v) is 5.33. The molecule has 0 amide bonds. The molecule has 0 saturated heterocycles. The summed E-state index contributed by atoms with van der Waals surface area (Å²) in [5.74, 6) is 0. The summed E-state index contributed by atoms with van der Waals surface area (Å²) >= 11 is 0. The second-order valence-electron chi connectivity index (χ2n) is 1.78. The van der Waals surface area contributed by atoms with Gasteiger partial charge >= 0.3 is 15.2 Å². The van der Waals surface area contributed by atoms with Gasteiger partial charge in [-0.3, -0.25) is 9.13 Å². The maximum absolute atomic E-state index is 10.0. The van der Waals surface area contributed by atoms with Gasteiger partial charge in [0.15, 0.2) is 0 Å². The summed E-state index contributed by atoms with van der Waals surface area (Å²) < 4.78 is 20.1. The van der Waals surface area contributed by atoms with Crippen molar-refractivity contribution in [3.8, 4) is 0 Å². The third-order valence-electron chi connectivity index (χ3n) is 0.683. The highest BCUT2D eigenvalue weighted by Gasteiger charge is 2.20. The fraction of sp³-hybridized carbons (Fsp3) is 1.00. The van der Waals surface area contributed by atoms with E-state index in [9.17, 15) is 9.13 Å². The molecule has 0 spiro atoms. The lowest BCUT2D eigenvalue weighted by atomic mass is 11.0. The van der Waals surface area contributed by atoms with Gasteiger partial charge in [0.25, 0.3) is 0 Å². The van der Waals surface area contributed by atoms with Crippen molar-refractivity contribution in [3.63, 3.8) is 0 Å². The van der Waals surface area contributed by atoms with Crippen molar-refractivity contribution in [1.29, 1.82) is 0 Å². The molecule has 0 heterocycles. The van der Waals surface area contributed by atoms with E-state index >= 15 is 0 Å². The first-order valence-corrected chi connectivity index (χ1v) is 6.47. The van der Waals surface area contributed by atoms with Gasteiger partial charge in [-0.1, -0.05) is 0 Å². The van der Waals surface area contributed by atoms with Crippen LogP contribution in [0.25, 0.3) is 0 Å². The van der Waals surface area contributed by atoms with Gasteiger partial charge < -0.3 is 25.3 Å². The van der Waals surface area contributed by atoms with Crippen molar-refractivity contribution in [2.24, 2.45) is 5.73 Å². The molecule has 0 aliphatic carbocycles. The lowest BCUT2D eigenvalue weighted by molar-refractivity contribution is 0.360. The van der Waals surface area contributed by atoms with Gasteiger partial charge in [0.05, 0.1) is 12.3 Å². The minimum atomic E-state index is -4.25. The van der Waals surface area contributed by atoms with Gasteiger partial charge in [-0.05, 0) is 7.05 Å². The second kappa shape index (κ2) is 5.83. The lowest BCUT2D eigenvalue weighted by Gasteiger charge is -2.03. The molecule has 7 nitrogen and oxygen atoms in total. The molecule has 0 fully saturated rings. The SMILES string of the molecule is CN.O=P(O)(O)CCP(=O)(O)O. The van der Waals surface area contributed by atoms with Gasteiger partial charge in [0, 0.05) is 0 Å². The van der Waals surface area contributed by atoms with Crippen molar-refractivity contribution in [2.45, 2.75) is 0 Å².